The normalized spacial score (nSPS) is 10.6. The van der Waals surface area contributed by atoms with E-state index >= 15 is 0 Å². The highest BCUT2D eigenvalue weighted by Gasteiger charge is 2.17. The summed E-state index contributed by atoms with van der Waals surface area (Å²) >= 11 is 5.83. The Kier molecular flexibility index (Phi) is 4.12. The number of hydrogen-bond acceptors (Lipinski definition) is 3. The molecular weight excluding hydrogens is 226 g/mol. The van der Waals surface area contributed by atoms with Gasteiger partial charge in [0.15, 0.2) is 0 Å². The summed E-state index contributed by atoms with van der Waals surface area (Å²) in [5, 5.41) is 0.311. The molecule has 0 aliphatic heterocycles. The number of nitrogens with two attached hydrogens (primary N) is 1. The molecule has 0 unspecified atom stereocenters. The lowest BCUT2D eigenvalue weighted by molar-refractivity contribution is 0.0716. The lowest BCUT2D eigenvalue weighted by Gasteiger charge is -2.25. The van der Waals surface area contributed by atoms with Crippen molar-refractivity contribution in [3.05, 3.63) is 22.8 Å². The van der Waals surface area contributed by atoms with E-state index in [-0.39, 0.29) is 17.8 Å². The first-order valence-corrected chi connectivity index (χ1v) is 5.57. The average molecular weight is 242 g/mol. The van der Waals surface area contributed by atoms with Crippen molar-refractivity contribution in [2.24, 2.45) is 0 Å². The monoisotopic (exact) mass is 241 g/mol. The maximum Gasteiger partial charge on any atom is 0.255 e. The van der Waals surface area contributed by atoms with Gasteiger partial charge in [0.1, 0.15) is 5.82 Å². The molecule has 0 aliphatic carbocycles. The largest absolute Gasteiger partial charge is 0.382 e. The molecule has 1 rings (SSSR count). The summed E-state index contributed by atoms with van der Waals surface area (Å²) in [5.41, 5.74) is 5.96. The third-order valence-corrected chi connectivity index (χ3v) is 2.64. The lowest BCUT2D eigenvalue weighted by atomic mass is 10.2. The Morgan fingerprint density at radius 1 is 1.62 bits per heavy atom. The van der Waals surface area contributed by atoms with Crippen molar-refractivity contribution in [1.29, 1.82) is 0 Å². The van der Waals surface area contributed by atoms with Gasteiger partial charge in [-0.05, 0) is 26.8 Å². The number of pyridine rings is 1. The van der Waals surface area contributed by atoms with E-state index in [4.69, 9.17) is 17.3 Å². The Bertz CT molecular complexity index is 393. The molecule has 0 aliphatic rings. The first-order valence-electron chi connectivity index (χ1n) is 5.19. The molecule has 5 heteroatoms. The number of anilines is 1. The topological polar surface area (TPSA) is 59.2 Å². The number of nitrogens with zero attached hydrogens (tertiary/aromatic N) is 2. The predicted molar refractivity (Wildman–Crippen MR) is 65.5 cm³/mol. The molecule has 0 saturated carbocycles. The first kappa shape index (κ1) is 12.8. The van der Waals surface area contributed by atoms with Gasteiger partial charge < -0.3 is 10.6 Å². The quantitative estimate of drug-likeness (QED) is 0.883. The maximum absolute atomic E-state index is 12.1. The fourth-order valence-corrected chi connectivity index (χ4v) is 1.64. The summed E-state index contributed by atoms with van der Waals surface area (Å²) in [6.45, 7) is 6.52. The molecule has 1 heterocycles. The lowest BCUT2D eigenvalue weighted by Crippen LogP contribution is -2.36. The minimum absolute atomic E-state index is 0.0769. The standard InChI is InChI=1S/C11H16ClN3O/c1-4-15(7(2)3)11(16)8-5-9(12)10(13)14-6-8/h5-7H,4H2,1-3H3,(H2,13,14). The van der Waals surface area contributed by atoms with E-state index in [0.29, 0.717) is 17.1 Å². The molecule has 88 valence electrons. The molecular formula is C11H16ClN3O. The molecule has 0 aromatic carbocycles. The van der Waals surface area contributed by atoms with E-state index in [1.165, 1.54) is 6.20 Å². The van der Waals surface area contributed by atoms with Crippen molar-refractivity contribution in [3.63, 3.8) is 0 Å². The molecule has 1 aromatic heterocycles. The van der Waals surface area contributed by atoms with Gasteiger partial charge in [0.25, 0.3) is 5.91 Å². The number of nitrogen functional groups attached to an aromatic ring is 1. The Morgan fingerprint density at radius 2 is 2.25 bits per heavy atom. The van der Waals surface area contributed by atoms with Crippen molar-refractivity contribution < 1.29 is 4.79 Å². The van der Waals surface area contributed by atoms with Crippen LogP contribution >= 0.6 is 11.6 Å². The highest BCUT2D eigenvalue weighted by molar-refractivity contribution is 6.33. The zero-order valence-corrected chi connectivity index (χ0v) is 10.5. The van der Waals surface area contributed by atoms with Crippen LogP contribution in [0.4, 0.5) is 5.82 Å². The van der Waals surface area contributed by atoms with Gasteiger partial charge >= 0.3 is 0 Å². The van der Waals surface area contributed by atoms with Gasteiger partial charge in [-0.1, -0.05) is 11.6 Å². The van der Waals surface area contributed by atoms with Crippen LogP contribution in [0.15, 0.2) is 12.3 Å². The van der Waals surface area contributed by atoms with Crippen molar-refractivity contribution in [2.75, 3.05) is 12.3 Å². The van der Waals surface area contributed by atoms with Crippen LogP contribution in [0, 0.1) is 0 Å². The molecule has 2 N–H and O–H groups in total. The van der Waals surface area contributed by atoms with E-state index in [2.05, 4.69) is 4.98 Å². The third-order valence-electron chi connectivity index (χ3n) is 2.34. The van der Waals surface area contributed by atoms with Gasteiger partial charge in [0.05, 0.1) is 10.6 Å². The first-order chi connectivity index (χ1) is 7.47. The third kappa shape index (κ3) is 2.64. The summed E-state index contributed by atoms with van der Waals surface area (Å²) < 4.78 is 0. The number of carbonyl (C=O) groups is 1. The average Bonchev–Trinajstić information content (AvgIpc) is 2.22. The molecule has 0 fully saturated rings. The van der Waals surface area contributed by atoms with Crippen molar-refractivity contribution in [2.45, 2.75) is 26.8 Å². The van der Waals surface area contributed by atoms with E-state index in [0.717, 1.165) is 0 Å². The van der Waals surface area contributed by atoms with Gasteiger partial charge in [-0.2, -0.15) is 0 Å². The van der Waals surface area contributed by atoms with Crippen LogP contribution in [0.2, 0.25) is 5.02 Å². The maximum atomic E-state index is 12.1. The Morgan fingerprint density at radius 3 is 2.69 bits per heavy atom. The molecule has 16 heavy (non-hydrogen) atoms. The van der Waals surface area contributed by atoms with Gasteiger partial charge in [0, 0.05) is 18.8 Å². The highest BCUT2D eigenvalue weighted by Crippen LogP contribution is 2.18. The molecule has 1 amide bonds. The van der Waals surface area contributed by atoms with Crippen LogP contribution in [-0.2, 0) is 0 Å². The molecule has 0 radical (unpaired) electrons. The Labute approximate surface area is 100 Å². The van der Waals surface area contributed by atoms with Crippen molar-refractivity contribution >= 4 is 23.3 Å². The molecule has 4 nitrogen and oxygen atoms in total. The Balaban J connectivity index is 2.99. The fourth-order valence-electron chi connectivity index (χ4n) is 1.47. The number of hydrogen-bond donors (Lipinski definition) is 1. The van der Waals surface area contributed by atoms with Crippen LogP contribution in [0.5, 0.6) is 0 Å². The highest BCUT2D eigenvalue weighted by atomic mass is 35.5. The van der Waals surface area contributed by atoms with Crippen LogP contribution in [0.25, 0.3) is 0 Å². The number of halogens is 1. The molecule has 0 atom stereocenters. The zero-order chi connectivity index (χ0) is 12.3. The molecule has 1 aromatic rings. The number of carbonyl (C=O) groups excluding carboxylic acids is 1. The van der Waals surface area contributed by atoms with Gasteiger partial charge in [0.2, 0.25) is 0 Å². The van der Waals surface area contributed by atoms with Crippen molar-refractivity contribution in [3.8, 4) is 0 Å². The summed E-state index contributed by atoms with van der Waals surface area (Å²) in [7, 11) is 0. The van der Waals surface area contributed by atoms with Crippen LogP contribution < -0.4 is 5.73 Å². The minimum atomic E-state index is -0.0769. The van der Waals surface area contributed by atoms with Crippen LogP contribution in [-0.4, -0.2) is 28.4 Å². The second-order valence-corrected chi connectivity index (χ2v) is 4.18. The number of rotatable bonds is 3. The number of aromatic nitrogens is 1. The van der Waals surface area contributed by atoms with Crippen LogP contribution in [0.3, 0.4) is 0 Å². The predicted octanol–water partition coefficient (Wildman–Crippen LogP) is 2.19. The smallest absolute Gasteiger partial charge is 0.255 e. The van der Waals surface area contributed by atoms with Gasteiger partial charge in [-0.15, -0.1) is 0 Å². The SMILES string of the molecule is CCN(C(=O)c1cnc(N)c(Cl)c1)C(C)C. The number of amides is 1. The molecule has 0 bridgehead atoms. The van der Waals surface area contributed by atoms with Crippen LogP contribution in [0.1, 0.15) is 31.1 Å². The van der Waals surface area contributed by atoms with E-state index < -0.39 is 0 Å². The Hall–Kier alpha value is -1.29. The summed E-state index contributed by atoms with van der Waals surface area (Å²) in [6, 6.07) is 1.70. The van der Waals surface area contributed by atoms with E-state index in [9.17, 15) is 4.79 Å². The van der Waals surface area contributed by atoms with E-state index in [1.54, 1.807) is 11.0 Å². The minimum Gasteiger partial charge on any atom is -0.382 e. The van der Waals surface area contributed by atoms with Gasteiger partial charge in [-0.25, -0.2) is 4.98 Å². The summed E-state index contributed by atoms with van der Waals surface area (Å²) in [6.07, 6.45) is 1.45. The summed E-state index contributed by atoms with van der Waals surface area (Å²) in [4.78, 5) is 17.7. The van der Waals surface area contributed by atoms with Crippen molar-refractivity contribution in [1.82, 2.24) is 9.88 Å². The van der Waals surface area contributed by atoms with E-state index in [1.807, 2.05) is 20.8 Å². The molecule has 0 spiro atoms. The van der Waals surface area contributed by atoms with Gasteiger partial charge in [-0.3, -0.25) is 4.79 Å². The fraction of sp³-hybridized carbons (Fsp3) is 0.455. The zero-order valence-electron chi connectivity index (χ0n) is 9.70. The second-order valence-electron chi connectivity index (χ2n) is 3.78. The second kappa shape index (κ2) is 5.16. The molecule has 0 saturated heterocycles. The summed E-state index contributed by atoms with van der Waals surface area (Å²) in [5.74, 6) is 0.165.